The van der Waals surface area contributed by atoms with Crippen LogP contribution in [-0.2, 0) is 11.3 Å². The number of hydrogen-bond acceptors (Lipinski definition) is 5. The summed E-state index contributed by atoms with van der Waals surface area (Å²) >= 11 is 7.47. The predicted molar refractivity (Wildman–Crippen MR) is 124 cm³/mol. The van der Waals surface area contributed by atoms with Crippen LogP contribution in [-0.4, -0.2) is 41.7 Å². The first-order valence-corrected chi connectivity index (χ1v) is 12.2. The maximum atomic E-state index is 12.7. The summed E-state index contributed by atoms with van der Waals surface area (Å²) in [5, 5.41) is 9.84. The summed E-state index contributed by atoms with van der Waals surface area (Å²) in [5.74, 6) is 3.35. The molecule has 2 aliphatic rings. The summed E-state index contributed by atoms with van der Waals surface area (Å²) in [5.41, 5.74) is 1.14. The number of hydrogen-bond donors (Lipinski definition) is 3. The van der Waals surface area contributed by atoms with Gasteiger partial charge in [-0.1, -0.05) is 56.5 Å². The highest BCUT2D eigenvalue weighted by Crippen LogP contribution is 2.28. The summed E-state index contributed by atoms with van der Waals surface area (Å²) in [4.78, 5) is 13.4. The summed E-state index contributed by atoms with van der Waals surface area (Å²) in [6.45, 7) is 0.649. The van der Waals surface area contributed by atoms with Crippen LogP contribution in [0.5, 0.6) is 5.75 Å². The van der Waals surface area contributed by atoms with Gasteiger partial charge in [0.05, 0.1) is 24.2 Å². The van der Waals surface area contributed by atoms with Gasteiger partial charge >= 0.3 is 0 Å². The molecule has 1 aromatic rings. The summed E-state index contributed by atoms with van der Waals surface area (Å²) in [6.07, 6.45) is 8.70. The average Bonchev–Trinajstić information content (AvgIpc) is 3.31. The summed E-state index contributed by atoms with van der Waals surface area (Å²) in [6, 6.07) is 7.75. The smallest absolute Gasteiger partial charge is 0.238 e. The molecule has 2 fully saturated rings. The normalized spacial score (nSPS) is 20.8. The van der Waals surface area contributed by atoms with Gasteiger partial charge in [0.25, 0.3) is 0 Å². The average molecular weight is 436 g/mol. The molecular formula is C22H33N3O2S2. The minimum Gasteiger partial charge on any atom is -0.497 e. The molecule has 0 bridgehead atoms. The Kier molecular flexibility index (Phi) is 9.08. The molecule has 0 unspecified atom stereocenters. The van der Waals surface area contributed by atoms with Crippen LogP contribution in [0.25, 0.3) is 0 Å². The quantitative estimate of drug-likeness (QED) is 0.515. The van der Waals surface area contributed by atoms with Gasteiger partial charge in [0.15, 0.2) is 0 Å². The first-order valence-electron chi connectivity index (χ1n) is 10.7. The van der Waals surface area contributed by atoms with Crippen LogP contribution in [0.1, 0.15) is 50.5 Å². The molecule has 1 aliphatic heterocycles. The van der Waals surface area contributed by atoms with E-state index in [4.69, 9.17) is 17.0 Å². The zero-order valence-electron chi connectivity index (χ0n) is 17.2. The molecular weight excluding hydrogens is 402 g/mol. The molecule has 1 saturated heterocycles. The van der Waals surface area contributed by atoms with Gasteiger partial charge in [-0.05, 0) is 36.5 Å². The van der Waals surface area contributed by atoms with Crippen LogP contribution in [0.4, 0.5) is 0 Å². The van der Waals surface area contributed by atoms with Gasteiger partial charge in [-0.15, -0.1) is 11.8 Å². The van der Waals surface area contributed by atoms with E-state index in [9.17, 15) is 4.79 Å². The third kappa shape index (κ3) is 7.15. The fourth-order valence-electron chi connectivity index (χ4n) is 4.04. The number of rotatable bonds is 9. The molecule has 1 saturated carbocycles. The Morgan fingerprint density at radius 3 is 2.69 bits per heavy atom. The zero-order valence-corrected chi connectivity index (χ0v) is 18.9. The highest BCUT2D eigenvalue weighted by Gasteiger charge is 2.27. The molecule has 1 amide bonds. The number of benzene rings is 1. The Labute approximate surface area is 184 Å². The molecule has 3 rings (SSSR count). The minimum atomic E-state index is -0.110. The maximum absolute atomic E-state index is 12.7. The molecule has 2 atom stereocenters. The van der Waals surface area contributed by atoms with Crippen molar-refractivity contribution in [3.8, 4) is 5.75 Å². The number of nitrogens with one attached hydrogen (secondary N) is 3. The van der Waals surface area contributed by atoms with Crippen molar-refractivity contribution in [2.75, 3.05) is 18.7 Å². The number of amides is 1. The van der Waals surface area contributed by atoms with E-state index in [1.807, 2.05) is 24.3 Å². The van der Waals surface area contributed by atoms with Gasteiger partial charge < -0.3 is 15.4 Å². The Balaban J connectivity index is 1.55. The van der Waals surface area contributed by atoms with Crippen molar-refractivity contribution in [3.05, 3.63) is 29.8 Å². The third-order valence-electron chi connectivity index (χ3n) is 5.88. The van der Waals surface area contributed by atoms with Gasteiger partial charge in [0.2, 0.25) is 5.91 Å². The molecule has 0 spiro atoms. The van der Waals surface area contributed by atoms with Crippen molar-refractivity contribution in [2.45, 2.75) is 63.6 Å². The number of thiocarbonyl (C=S) groups is 1. The van der Waals surface area contributed by atoms with Crippen molar-refractivity contribution < 1.29 is 9.53 Å². The number of carbonyl (C=O) groups is 1. The standard InChI is InChI=1S/C22H33N3O2S2/c1-27-18-10-7-17(8-11-18)13-23-22(28)19(12-9-16-5-3-2-4-6-16)25-21(26)20-14-29-15-24-20/h7-8,10-11,16,19-20,24H,2-6,9,12-15H2,1H3,(H,23,28)(H,25,26)/t19-,20-/m1/s1. The van der Waals surface area contributed by atoms with Crippen LogP contribution >= 0.6 is 24.0 Å². The minimum absolute atomic E-state index is 0.0669. The predicted octanol–water partition coefficient (Wildman–Crippen LogP) is 3.62. The first-order chi connectivity index (χ1) is 14.2. The Morgan fingerprint density at radius 1 is 1.28 bits per heavy atom. The second-order valence-corrected chi connectivity index (χ2v) is 9.45. The van der Waals surface area contributed by atoms with Crippen molar-refractivity contribution in [1.29, 1.82) is 0 Å². The monoisotopic (exact) mass is 435 g/mol. The maximum Gasteiger partial charge on any atom is 0.238 e. The summed E-state index contributed by atoms with van der Waals surface area (Å²) < 4.78 is 5.21. The Morgan fingerprint density at radius 2 is 2.03 bits per heavy atom. The van der Waals surface area contributed by atoms with E-state index in [2.05, 4.69) is 16.0 Å². The van der Waals surface area contributed by atoms with Crippen LogP contribution in [0.15, 0.2) is 24.3 Å². The van der Waals surface area contributed by atoms with E-state index in [1.54, 1.807) is 18.9 Å². The Hall–Kier alpha value is -1.31. The summed E-state index contributed by atoms with van der Waals surface area (Å²) in [7, 11) is 1.67. The lowest BCUT2D eigenvalue weighted by molar-refractivity contribution is -0.122. The van der Waals surface area contributed by atoms with Gasteiger partial charge in [-0.3, -0.25) is 10.1 Å². The van der Waals surface area contributed by atoms with Gasteiger partial charge in [-0.2, -0.15) is 0 Å². The van der Waals surface area contributed by atoms with E-state index in [1.165, 1.54) is 32.1 Å². The molecule has 3 N–H and O–H groups in total. The van der Waals surface area contributed by atoms with Gasteiger partial charge in [0, 0.05) is 18.2 Å². The molecule has 1 aromatic carbocycles. The number of thioether (sulfide) groups is 1. The topological polar surface area (TPSA) is 62.4 Å². The van der Waals surface area contributed by atoms with Crippen LogP contribution in [0, 0.1) is 5.92 Å². The lowest BCUT2D eigenvalue weighted by atomic mass is 9.85. The fraction of sp³-hybridized carbons (Fsp3) is 0.636. The van der Waals surface area contributed by atoms with E-state index in [0.29, 0.717) is 6.54 Å². The van der Waals surface area contributed by atoms with Crippen molar-refractivity contribution >= 4 is 34.9 Å². The second-order valence-electron chi connectivity index (χ2n) is 7.98. The van der Waals surface area contributed by atoms with Gasteiger partial charge in [0.1, 0.15) is 5.75 Å². The SMILES string of the molecule is COc1ccc(CNC(=S)[C@@H](CCC2CCCCC2)NC(=O)[C@H]2CSCN2)cc1. The molecule has 0 aromatic heterocycles. The van der Waals surface area contributed by atoms with E-state index in [0.717, 1.165) is 46.7 Å². The van der Waals surface area contributed by atoms with E-state index < -0.39 is 0 Å². The second kappa shape index (κ2) is 11.8. The number of ether oxygens (including phenoxy) is 1. The highest BCUT2D eigenvalue weighted by molar-refractivity contribution is 7.99. The van der Waals surface area contributed by atoms with Crippen LogP contribution < -0.4 is 20.7 Å². The molecule has 1 heterocycles. The molecule has 1 aliphatic carbocycles. The molecule has 160 valence electrons. The lowest BCUT2D eigenvalue weighted by Gasteiger charge is -2.26. The first kappa shape index (κ1) is 22.4. The van der Waals surface area contributed by atoms with Gasteiger partial charge in [-0.25, -0.2) is 0 Å². The highest BCUT2D eigenvalue weighted by atomic mass is 32.2. The van der Waals surface area contributed by atoms with Crippen LogP contribution in [0.3, 0.4) is 0 Å². The largest absolute Gasteiger partial charge is 0.497 e. The fourth-order valence-corrected chi connectivity index (χ4v) is 5.23. The molecule has 0 radical (unpaired) electrons. The van der Waals surface area contributed by atoms with Crippen molar-refractivity contribution in [3.63, 3.8) is 0 Å². The zero-order chi connectivity index (χ0) is 20.5. The molecule has 29 heavy (non-hydrogen) atoms. The Bertz CT molecular complexity index is 657. The lowest BCUT2D eigenvalue weighted by Crippen LogP contribution is -2.51. The molecule has 7 heteroatoms. The third-order valence-corrected chi connectivity index (χ3v) is 7.25. The van der Waals surface area contributed by atoms with Crippen LogP contribution in [0.2, 0.25) is 0 Å². The van der Waals surface area contributed by atoms with E-state index in [-0.39, 0.29) is 18.0 Å². The van der Waals surface area contributed by atoms with Crippen molar-refractivity contribution in [2.24, 2.45) is 5.92 Å². The number of methoxy groups -OCH3 is 1. The number of carbonyl (C=O) groups excluding carboxylic acids is 1. The van der Waals surface area contributed by atoms with Crippen molar-refractivity contribution in [1.82, 2.24) is 16.0 Å². The van der Waals surface area contributed by atoms with E-state index >= 15 is 0 Å². The molecule has 5 nitrogen and oxygen atoms in total.